The van der Waals surface area contributed by atoms with Crippen LogP contribution >= 0.6 is 11.6 Å². The molecule has 18 heavy (non-hydrogen) atoms. The van der Waals surface area contributed by atoms with Gasteiger partial charge in [-0.2, -0.15) is 0 Å². The number of carbonyl (C=O) groups excluding carboxylic acids is 2. The van der Waals surface area contributed by atoms with Crippen molar-refractivity contribution in [3.05, 3.63) is 35.9 Å². The van der Waals surface area contributed by atoms with E-state index in [4.69, 9.17) is 16.3 Å². The second kappa shape index (κ2) is 8.36. The molecule has 0 saturated carbocycles. The van der Waals surface area contributed by atoms with Gasteiger partial charge in [0.25, 0.3) is 0 Å². The molecule has 2 amide bonds. The van der Waals surface area contributed by atoms with Crippen LogP contribution in [-0.4, -0.2) is 31.0 Å². The van der Waals surface area contributed by atoms with Crippen LogP contribution in [0.4, 0.5) is 4.79 Å². The van der Waals surface area contributed by atoms with Gasteiger partial charge in [-0.3, -0.25) is 4.79 Å². The third-order valence-corrected chi connectivity index (χ3v) is 2.29. The largest absolute Gasteiger partial charge is 0.445 e. The van der Waals surface area contributed by atoms with Gasteiger partial charge in [0.2, 0.25) is 5.91 Å². The van der Waals surface area contributed by atoms with E-state index in [9.17, 15) is 9.59 Å². The first-order valence-electron chi connectivity index (χ1n) is 5.49. The molecule has 0 aromatic heterocycles. The molecule has 5 nitrogen and oxygen atoms in total. The molecule has 0 spiro atoms. The maximum Gasteiger partial charge on any atom is 0.407 e. The first-order chi connectivity index (χ1) is 8.72. The van der Waals surface area contributed by atoms with E-state index >= 15 is 0 Å². The van der Waals surface area contributed by atoms with Crippen molar-refractivity contribution in [1.29, 1.82) is 0 Å². The number of rotatable bonds is 6. The SMILES string of the molecule is O=C(CCl)NCCNC(=O)OCc1ccccc1. The Hall–Kier alpha value is -1.75. The zero-order chi connectivity index (χ0) is 13.2. The number of ether oxygens (including phenoxy) is 1. The molecule has 2 N–H and O–H groups in total. The van der Waals surface area contributed by atoms with Crippen molar-refractivity contribution in [2.75, 3.05) is 19.0 Å². The average Bonchev–Trinajstić information content (AvgIpc) is 2.42. The van der Waals surface area contributed by atoms with Crippen molar-refractivity contribution >= 4 is 23.6 Å². The van der Waals surface area contributed by atoms with Gasteiger partial charge >= 0.3 is 6.09 Å². The Morgan fingerprint density at radius 3 is 2.44 bits per heavy atom. The Balaban J connectivity index is 2.09. The van der Waals surface area contributed by atoms with Gasteiger partial charge in [0.1, 0.15) is 12.5 Å². The minimum Gasteiger partial charge on any atom is -0.445 e. The van der Waals surface area contributed by atoms with Crippen LogP contribution < -0.4 is 10.6 Å². The van der Waals surface area contributed by atoms with Gasteiger partial charge in [-0.15, -0.1) is 11.6 Å². The predicted octanol–water partition coefficient (Wildman–Crippen LogP) is 1.27. The van der Waals surface area contributed by atoms with Crippen LogP contribution in [0.5, 0.6) is 0 Å². The lowest BCUT2D eigenvalue weighted by atomic mass is 10.2. The first-order valence-corrected chi connectivity index (χ1v) is 6.03. The quantitative estimate of drug-likeness (QED) is 0.604. The number of nitrogens with one attached hydrogen (secondary N) is 2. The molecule has 0 aliphatic rings. The van der Waals surface area contributed by atoms with E-state index in [1.165, 1.54) is 0 Å². The molecule has 0 bridgehead atoms. The van der Waals surface area contributed by atoms with Crippen LogP contribution in [0.25, 0.3) is 0 Å². The van der Waals surface area contributed by atoms with Crippen molar-refractivity contribution in [1.82, 2.24) is 10.6 Å². The number of halogens is 1. The van der Waals surface area contributed by atoms with E-state index in [1.807, 2.05) is 30.3 Å². The summed E-state index contributed by atoms with van der Waals surface area (Å²) in [6.45, 7) is 0.850. The number of alkyl carbamates (subject to hydrolysis) is 1. The van der Waals surface area contributed by atoms with E-state index in [-0.39, 0.29) is 18.4 Å². The van der Waals surface area contributed by atoms with Crippen LogP contribution in [-0.2, 0) is 16.1 Å². The number of carbonyl (C=O) groups is 2. The highest BCUT2D eigenvalue weighted by atomic mass is 35.5. The smallest absolute Gasteiger partial charge is 0.407 e. The van der Waals surface area contributed by atoms with E-state index in [2.05, 4.69) is 10.6 Å². The van der Waals surface area contributed by atoms with Gasteiger partial charge < -0.3 is 15.4 Å². The summed E-state index contributed by atoms with van der Waals surface area (Å²) in [5.41, 5.74) is 0.920. The number of benzene rings is 1. The summed E-state index contributed by atoms with van der Waals surface area (Å²) >= 11 is 5.29. The standard InChI is InChI=1S/C12H15ClN2O3/c13-8-11(16)14-6-7-15-12(17)18-9-10-4-2-1-3-5-10/h1-5H,6-9H2,(H,14,16)(H,15,17). The third kappa shape index (κ3) is 6.10. The van der Waals surface area contributed by atoms with E-state index in [1.54, 1.807) is 0 Å². The fourth-order valence-corrected chi connectivity index (χ4v) is 1.28. The lowest BCUT2D eigenvalue weighted by Gasteiger charge is -2.07. The topological polar surface area (TPSA) is 67.4 Å². The molecule has 0 unspecified atom stereocenters. The van der Waals surface area contributed by atoms with Crippen LogP contribution in [0, 0.1) is 0 Å². The molecule has 0 aliphatic heterocycles. The second-order valence-electron chi connectivity index (χ2n) is 3.47. The van der Waals surface area contributed by atoms with Gasteiger partial charge in [-0.1, -0.05) is 30.3 Å². The molecule has 6 heteroatoms. The van der Waals surface area contributed by atoms with Crippen LogP contribution in [0.1, 0.15) is 5.56 Å². The summed E-state index contributed by atoms with van der Waals surface area (Å²) in [5.74, 6) is -0.352. The van der Waals surface area contributed by atoms with Gasteiger partial charge in [0.15, 0.2) is 0 Å². The highest BCUT2D eigenvalue weighted by molar-refractivity contribution is 6.27. The van der Waals surface area contributed by atoms with E-state index in [0.29, 0.717) is 13.1 Å². The van der Waals surface area contributed by atoms with E-state index < -0.39 is 6.09 Å². The zero-order valence-corrected chi connectivity index (χ0v) is 10.6. The van der Waals surface area contributed by atoms with Gasteiger partial charge in [0, 0.05) is 13.1 Å². The monoisotopic (exact) mass is 270 g/mol. The Morgan fingerprint density at radius 1 is 1.11 bits per heavy atom. The number of hydrogen-bond donors (Lipinski definition) is 2. The average molecular weight is 271 g/mol. The molecule has 98 valence electrons. The fraction of sp³-hybridized carbons (Fsp3) is 0.333. The lowest BCUT2D eigenvalue weighted by Crippen LogP contribution is -2.35. The molecule has 0 atom stereocenters. The van der Waals surface area contributed by atoms with Crippen LogP contribution in [0.3, 0.4) is 0 Å². The zero-order valence-electron chi connectivity index (χ0n) is 9.82. The fourth-order valence-electron chi connectivity index (χ4n) is 1.19. The molecule has 0 heterocycles. The first kappa shape index (κ1) is 14.3. The lowest BCUT2D eigenvalue weighted by molar-refractivity contribution is -0.118. The normalized spacial score (nSPS) is 9.61. The Morgan fingerprint density at radius 2 is 1.78 bits per heavy atom. The number of amides is 2. The maximum absolute atomic E-state index is 11.3. The molecule has 0 radical (unpaired) electrons. The van der Waals surface area contributed by atoms with Crippen molar-refractivity contribution in [3.63, 3.8) is 0 Å². The highest BCUT2D eigenvalue weighted by Crippen LogP contribution is 2.00. The van der Waals surface area contributed by atoms with Gasteiger partial charge in [-0.05, 0) is 5.56 Å². The minimum atomic E-state index is -0.515. The maximum atomic E-state index is 11.3. The van der Waals surface area contributed by atoms with Gasteiger partial charge in [0.05, 0.1) is 0 Å². The minimum absolute atomic E-state index is 0.0849. The van der Waals surface area contributed by atoms with E-state index in [0.717, 1.165) is 5.56 Å². The number of hydrogen-bond acceptors (Lipinski definition) is 3. The highest BCUT2D eigenvalue weighted by Gasteiger charge is 2.02. The summed E-state index contributed by atoms with van der Waals surface area (Å²) in [6, 6.07) is 9.38. The summed E-state index contributed by atoms with van der Waals surface area (Å²) in [7, 11) is 0. The molecular weight excluding hydrogens is 256 g/mol. The molecule has 1 rings (SSSR count). The number of alkyl halides is 1. The summed E-state index contributed by atoms with van der Waals surface area (Å²) in [4.78, 5) is 22.0. The Kier molecular flexibility index (Phi) is 6.64. The molecule has 0 aliphatic carbocycles. The molecule has 1 aromatic rings. The molecule has 0 fully saturated rings. The predicted molar refractivity (Wildman–Crippen MR) is 68.4 cm³/mol. The third-order valence-electron chi connectivity index (χ3n) is 2.05. The second-order valence-corrected chi connectivity index (χ2v) is 3.74. The van der Waals surface area contributed by atoms with Crippen molar-refractivity contribution in [2.45, 2.75) is 6.61 Å². The van der Waals surface area contributed by atoms with Gasteiger partial charge in [-0.25, -0.2) is 4.79 Å². The van der Waals surface area contributed by atoms with Crippen molar-refractivity contribution in [2.24, 2.45) is 0 Å². The summed E-state index contributed by atoms with van der Waals surface area (Å²) in [5, 5.41) is 5.03. The summed E-state index contributed by atoms with van der Waals surface area (Å²) in [6.07, 6.45) is -0.515. The summed E-state index contributed by atoms with van der Waals surface area (Å²) < 4.78 is 4.97. The molecule has 1 aromatic carbocycles. The Bertz CT molecular complexity index is 384. The van der Waals surface area contributed by atoms with Crippen LogP contribution in [0.15, 0.2) is 30.3 Å². The van der Waals surface area contributed by atoms with Crippen molar-refractivity contribution in [3.8, 4) is 0 Å². The Labute approximate surface area is 110 Å². The molecule has 0 saturated heterocycles. The van der Waals surface area contributed by atoms with Crippen molar-refractivity contribution < 1.29 is 14.3 Å². The van der Waals surface area contributed by atoms with Crippen LogP contribution in [0.2, 0.25) is 0 Å². The molecular formula is C12H15ClN2O3.